The maximum Gasteiger partial charge on any atom is 0.336 e. The molecule has 8 nitrogen and oxygen atoms in total. The number of piperazine rings is 1. The number of carbonyl (C=O) groups excluding carboxylic acids is 1. The van der Waals surface area contributed by atoms with Crippen LogP contribution in [0.1, 0.15) is 27.9 Å². The van der Waals surface area contributed by atoms with Crippen LogP contribution in [0.3, 0.4) is 0 Å². The van der Waals surface area contributed by atoms with Crippen LogP contribution in [0.5, 0.6) is 0 Å². The summed E-state index contributed by atoms with van der Waals surface area (Å²) in [6, 6.07) is 6.90. The summed E-state index contributed by atoms with van der Waals surface area (Å²) >= 11 is 0.884. The Labute approximate surface area is 208 Å². The first kappa shape index (κ1) is 22.9. The van der Waals surface area contributed by atoms with Gasteiger partial charge in [0.15, 0.2) is 16.6 Å². The van der Waals surface area contributed by atoms with E-state index >= 15 is 0 Å². The first-order chi connectivity index (χ1) is 17.3. The summed E-state index contributed by atoms with van der Waals surface area (Å²) in [7, 11) is 1.75. The number of hydrogen-bond acceptors (Lipinski definition) is 8. The van der Waals surface area contributed by atoms with Crippen LogP contribution in [-0.2, 0) is 12.3 Å². The molecule has 0 bridgehead atoms. The Hall–Kier alpha value is -3.51. The number of fused-ring (bicyclic) bond motifs is 4. The topological polar surface area (TPSA) is 78.7 Å². The number of Topliss-reactive ketones (excluding diaryl/α,β-unsaturated/α-hetero) is 1. The smallest absolute Gasteiger partial charge is 0.336 e. The van der Waals surface area contributed by atoms with Gasteiger partial charge in [-0.2, -0.15) is 13.3 Å². The van der Waals surface area contributed by atoms with Crippen LogP contribution in [0.2, 0.25) is 0 Å². The number of ketones is 1. The normalized spacial score (nSPS) is 16.8. The van der Waals surface area contributed by atoms with Crippen molar-refractivity contribution in [2.45, 2.75) is 19.3 Å². The summed E-state index contributed by atoms with van der Waals surface area (Å²) in [5, 5.41) is 8.50. The number of aromatic nitrogens is 4. The van der Waals surface area contributed by atoms with Crippen LogP contribution in [0.25, 0.3) is 16.9 Å². The van der Waals surface area contributed by atoms with Gasteiger partial charge in [-0.3, -0.25) is 4.79 Å². The Balaban J connectivity index is 1.47. The Morgan fingerprint density at radius 2 is 1.94 bits per heavy atom. The number of hydrogen-bond donors (Lipinski definition) is 1. The minimum atomic E-state index is -3.83. The fourth-order valence-corrected chi connectivity index (χ4v) is 5.74. The van der Waals surface area contributed by atoms with Gasteiger partial charge in [0.05, 0.1) is 11.4 Å². The van der Waals surface area contributed by atoms with E-state index < -0.39 is 23.1 Å². The zero-order chi connectivity index (χ0) is 25.2. The van der Waals surface area contributed by atoms with Crippen molar-refractivity contribution >= 4 is 39.5 Å². The van der Waals surface area contributed by atoms with E-state index in [1.54, 1.807) is 16.5 Å². The molecule has 4 aromatic rings. The van der Waals surface area contributed by atoms with Crippen molar-refractivity contribution in [3.63, 3.8) is 0 Å². The Morgan fingerprint density at radius 3 is 2.69 bits per heavy atom. The Bertz CT molecular complexity index is 1510. The van der Waals surface area contributed by atoms with Crippen molar-refractivity contribution in [2.75, 3.05) is 43.0 Å². The summed E-state index contributed by atoms with van der Waals surface area (Å²) in [5.41, 5.74) is 0.937. The van der Waals surface area contributed by atoms with Crippen LogP contribution in [-0.4, -0.2) is 58.6 Å². The molecule has 3 aromatic heterocycles. The highest BCUT2D eigenvalue weighted by Crippen LogP contribution is 2.48. The highest BCUT2D eigenvalue weighted by Gasteiger charge is 2.50. The van der Waals surface area contributed by atoms with E-state index in [0.29, 0.717) is 29.1 Å². The maximum atomic E-state index is 14.9. The van der Waals surface area contributed by atoms with Crippen molar-refractivity contribution in [2.24, 2.45) is 0 Å². The lowest BCUT2D eigenvalue weighted by Gasteiger charge is -2.28. The Morgan fingerprint density at radius 1 is 1.17 bits per heavy atom. The lowest BCUT2D eigenvalue weighted by Crippen LogP contribution is -2.44. The molecule has 0 amide bonds. The number of rotatable bonds is 4. The van der Waals surface area contributed by atoms with Crippen LogP contribution >= 0.6 is 11.3 Å². The van der Waals surface area contributed by atoms with Gasteiger partial charge in [-0.25, -0.2) is 14.4 Å². The molecule has 6 rings (SSSR count). The van der Waals surface area contributed by atoms with E-state index in [0.717, 1.165) is 55.1 Å². The second kappa shape index (κ2) is 8.27. The van der Waals surface area contributed by atoms with Crippen LogP contribution in [0, 0.1) is 5.82 Å². The molecule has 1 aliphatic carbocycles. The zero-order valence-electron chi connectivity index (χ0n) is 19.6. The molecule has 0 unspecified atom stereocenters. The van der Waals surface area contributed by atoms with Crippen molar-refractivity contribution in [1.29, 1.82) is 0 Å². The van der Waals surface area contributed by atoms with E-state index in [2.05, 4.69) is 15.2 Å². The van der Waals surface area contributed by atoms with Gasteiger partial charge in [0.25, 0.3) is 0 Å². The lowest BCUT2D eigenvalue weighted by molar-refractivity contribution is 0.00713. The van der Waals surface area contributed by atoms with Crippen molar-refractivity contribution in [3.05, 3.63) is 52.3 Å². The molecular formula is C24H22F3N7OS. The van der Waals surface area contributed by atoms with Gasteiger partial charge in [-0.15, -0.1) is 5.10 Å². The van der Waals surface area contributed by atoms with E-state index in [9.17, 15) is 18.0 Å². The summed E-state index contributed by atoms with van der Waals surface area (Å²) in [5.74, 6) is -4.58. The number of nitrogens with zero attached hydrogens (tertiary/aromatic N) is 6. The number of anilines is 3. The molecule has 2 aliphatic rings. The number of nitrogens with one attached hydrogen (secondary N) is 1. The molecule has 1 saturated heterocycles. The molecule has 0 spiro atoms. The molecule has 1 N–H and O–H groups in total. The van der Waals surface area contributed by atoms with Crippen LogP contribution in [0.4, 0.5) is 29.9 Å². The molecule has 36 heavy (non-hydrogen) atoms. The Kier molecular flexibility index (Phi) is 5.27. The SMILES string of the molecule is CCc1nc2ccc(N3CCNCC3)nn2c1N(C)c1nc2c(s1)C(=O)C(F)(F)c1cc(F)ccc1-2. The average molecular weight is 514 g/mol. The molecule has 0 atom stereocenters. The molecule has 0 saturated carbocycles. The van der Waals surface area contributed by atoms with Gasteiger partial charge in [-0.1, -0.05) is 18.3 Å². The fourth-order valence-electron chi connectivity index (χ4n) is 4.72. The van der Waals surface area contributed by atoms with E-state index in [-0.39, 0.29) is 16.1 Å². The van der Waals surface area contributed by atoms with E-state index in [1.807, 2.05) is 19.1 Å². The standard InChI is InChI=1S/C24H22F3N7OS/c1-3-16-22(34-17(29-16)6-7-18(31-34)33-10-8-28-9-11-33)32(2)23-30-19-14-5-4-13(25)12-15(14)24(26,27)21(35)20(19)36-23/h4-7,12,28H,3,8-11H2,1-2H3. The third-order valence-electron chi connectivity index (χ3n) is 6.57. The van der Waals surface area contributed by atoms with E-state index in [4.69, 9.17) is 10.1 Å². The van der Waals surface area contributed by atoms with Gasteiger partial charge in [0.2, 0.25) is 5.78 Å². The molecule has 12 heteroatoms. The second-order valence-electron chi connectivity index (χ2n) is 8.76. The average Bonchev–Trinajstić information content (AvgIpc) is 3.49. The molecule has 0 radical (unpaired) electrons. The van der Waals surface area contributed by atoms with Crippen molar-refractivity contribution in [3.8, 4) is 11.3 Å². The van der Waals surface area contributed by atoms with Crippen molar-refractivity contribution in [1.82, 2.24) is 24.9 Å². The largest absolute Gasteiger partial charge is 0.353 e. The van der Waals surface area contributed by atoms with Gasteiger partial charge in [0.1, 0.15) is 16.5 Å². The van der Waals surface area contributed by atoms with Crippen LogP contribution < -0.4 is 15.1 Å². The first-order valence-electron chi connectivity index (χ1n) is 11.6. The summed E-state index contributed by atoms with van der Waals surface area (Å²) in [6.45, 7) is 5.36. The summed E-state index contributed by atoms with van der Waals surface area (Å²) in [6.07, 6.45) is 0.607. The maximum absolute atomic E-state index is 14.9. The highest BCUT2D eigenvalue weighted by molar-refractivity contribution is 7.18. The molecule has 1 aliphatic heterocycles. The number of halogens is 3. The predicted octanol–water partition coefficient (Wildman–Crippen LogP) is 4.02. The van der Waals surface area contributed by atoms with Crippen LogP contribution in [0.15, 0.2) is 30.3 Å². The number of carbonyl (C=O) groups is 1. The predicted molar refractivity (Wildman–Crippen MR) is 131 cm³/mol. The lowest BCUT2D eigenvalue weighted by atomic mass is 9.89. The monoisotopic (exact) mass is 513 g/mol. The van der Waals surface area contributed by atoms with E-state index in [1.165, 1.54) is 6.07 Å². The third kappa shape index (κ3) is 3.39. The van der Waals surface area contributed by atoms with Crippen molar-refractivity contribution < 1.29 is 18.0 Å². The highest BCUT2D eigenvalue weighted by atomic mass is 32.1. The fraction of sp³-hybridized carbons (Fsp3) is 0.333. The summed E-state index contributed by atoms with van der Waals surface area (Å²) in [4.78, 5) is 25.8. The first-order valence-corrected chi connectivity index (χ1v) is 12.4. The second-order valence-corrected chi connectivity index (χ2v) is 9.74. The minimum absolute atomic E-state index is 0.0554. The summed E-state index contributed by atoms with van der Waals surface area (Å²) < 4.78 is 45.3. The number of alkyl halides is 2. The number of benzene rings is 1. The van der Waals surface area contributed by atoms with Gasteiger partial charge in [-0.05, 0) is 36.8 Å². The third-order valence-corrected chi connectivity index (χ3v) is 7.70. The molecule has 1 aromatic carbocycles. The molecule has 1 fully saturated rings. The number of imidazole rings is 1. The zero-order valence-corrected chi connectivity index (χ0v) is 20.4. The van der Waals surface area contributed by atoms with Gasteiger partial charge < -0.3 is 15.1 Å². The quantitative estimate of drug-likeness (QED) is 0.442. The number of thiazole rings is 1. The molecule has 4 heterocycles. The molecule has 186 valence electrons. The number of aryl methyl sites for hydroxylation is 1. The van der Waals surface area contributed by atoms with Gasteiger partial charge >= 0.3 is 5.92 Å². The minimum Gasteiger partial charge on any atom is -0.353 e. The molecular weight excluding hydrogens is 491 g/mol. The van der Waals surface area contributed by atoms with Gasteiger partial charge in [0, 0.05) is 44.4 Å².